The number of carbonyl (C=O) groups is 1. The SMILES string of the molecule is CC(C)Nc1ncccc1C(=O)NCc1ccc2c(c1)OCO2. The van der Waals surface area contributed by atoms with Gasteiger partial charge in [-0.25, -0.2) is 4.98 Å². The Labute approximate surface area is 134 Å². The number of aromatic nitrogens is 1. The summed E-state index contributed by atoms with van der Waals surface area (Å²) in [4.78, 5) is 16.6. The van der Waals surface area contributed by atoms with Crippen LogP contribution in [0.3, 0.4) is 0 Å². The molecule has 1 aliphatic rings. The van der Waals surface area contributed by atoms with E-state index in [4.69, 9.17) is 9.47 Å². The van der Waals surface area contributed by atoms with Crippen molar-refractivity contribution in [3.8, 4) is 11.5 Å². The van der Waals surface area contributed by atoms with E-state index in [-0.39, 0.29) is 18.7 Å². The zero-order valence-electron chi connectivity index (χ0n) is 13.1. The molecule has 1 aromatic heterocycles. The number of nitrogens with zero attached hydrogens (tertiary/aromatic N) is 1. The van der Waals surface area contributed by atoms with Gasteiger partial charge in [0.25, 0.3) is 5.91 Å². The van der Waals surface area contributed by atoms with Crippen molar-refractivity contribution in [2.24, 2.45) is 0 Å². The Bertz CT molecular complexity index is 716. The van der Waals surface area contributed by atoms with E-state index in [0.717, 1.165) is 11.3 Å². The molecule has 0 saturated carbocycles. The lowest BCUT2D eigenvalue weighted by atomic mass is 10.2. The van der Waals surface area contributed by atoms with Crippen molar-refractivity contribution in [1.82, 2.24) is 10.3 Å². The topological polar surface area (TPSA) is 72.5 Å². The minimum Gasteiger partial charge on any atom is -0.454 e. The number of nitrogens with one attached hydrogen (secondary N) is 2. The van der Waals surface area contributed by atoms with Gasteiger partial charge in [0, 0.05) is 18.8 Å². The summed E-state index contributed by atoms with van der Waals surface area (Å²) in [6, 6.07) is 9.34. The predicted octanol–water partition coefficient (Wildman–Crippen LogP) is 2.56. The average Bonchev–Trinajstić information content (AvgIpc) is 3.00. The Morgan fingerprint density at radius 3 is 2.91 bits per heavy atom. The second-order valence-corrected chi connectivity index (χ2v) is 5.57. The number of ether oxygens (including phenoxy) is 2. The third-order valence-corrected chi connectivity index (χ3v) is 3.37. The molecule has 6 nitrogen and oxygen atoms in total. The quantitative estimate of drug-likeness (QED) is 0.887. The fourth-order valence-electron chi connectivity index (χ4n) is 2.31. The number of hydrogen-bond acceptors (Lipinski definition) is 5. The van der Waals surface area contributed by atoms with Crippen molar-refractivity contribution in [2.45, 2.75) is 26.4 Å². The number of carbonyl (C=O) groups excluding carboxylic acids is 1. The first-order valence-electron chi connectivity index (χ1n) is 7.52. The second kappa shape index (κ2) is 6.56. The number of amides is 1. The summed E-state index contributed by atoms with van der Waals surface area (Å²) in [6.07, 6.45) is 1.67. The van der Waals surface area contributed by atoms with Gasteiger partial charge < -0.3 is 20.1 Å². The van der Waals surface area contributed by atoms with Crippen molar-refractivity contribution in [1.29, 1.82) is 0 Å². The van der Waals surface area contributed by atoms with Crippen LogP contribution in [0.5, 0.6) is 11.5 Å². The van der Waals surface area contributed by atoms with E-state index in [1.165, 1.54) is 0 Å². The van der Waals surface area contributed by atoms with Crippen LogP contribution in [-0.4, -0.2) is 23.7 Å². The lowest BCUT2D eigenvalue weighted by Gasteiger charge is -2.13. The number of anilines is 1. The molecular weight excluding hydrogens is 294 g/mol. The maximum Gasteiger partial charge on any atom is 0.255 e. The molecule has 1 amide bonds. The van der Waals surface area contributed by atoms with E-state index < -0.39 is 0 Å². The molecule has 1 aliphatic heterocycles. The molecule has 120 valence electrons. The highest BCUT2D eigenvalue weighted by Crippen LogP contribution is 2.32. The number of fused-ring (bicyclic) bond motifs is 1. The zero-order chi connectivity index (χ0) is 16.2. The van der Waals surface area contributed by atoms with Gasteiger partial charge in [-0.15, -0.1) is 0 Å². The normalized spacial score (nSPS) is 12.3. The molecule has 0 atom stereocenters. The summed E-state index contributed by atoms with van der Waals surface area (Å²) >= 11 is 0. The molecule has 23 heavy (non-hydrogen) atoms. The fraction of sp³-hybridized carbons (Fsp3) is 0.294. The summed E-state index contributed by atoms with van der Waals surface area (Å²) in [6.45, 7) is 4.66. The smallest absolute Gasteiger partial charge is 0.255 e. The van der Waals surface area contributed by atoms with E-state index in [2.05, 4.69) is 15.6 Å². The van der Waals surface area contributed by atoms with Gasteiger partial charge in [0.2, 0.25) is 6.79 Å². The predicted molar refractivity (Wildman–Crippen MR) is 86.7 cm³/mol. The lowest BCUT2D eigenvalue weighted by Crippen LogP contribution is -2.25. The Balaban J connectivity index is 1.68. The van der Waals surface area contributed by atoms with E-state index in [1.54, 1.807) is 18.3 Å². The third kappa shape index (κ3) is 3.53. The van der Waals surface area contributed by atoms with Crippen LogP contribution < -0.4 is 20.1 Å². The molecule has 2 aromatic rings. The summed E-state index contributed by atoms with van der Waals surface area (Å²) < 4.78 is 10.6. The van der Waals surface area contributed by atoms with Gasteiger partial charge in [-0.2, -0.15) is 0 Å². The van der Waals surface area contributed by atoms with Gasteiger partial charge in [0.05, 0.1) is 5.56 Å². The maximum atomic E-state index is 12.4. The standard InChI is InChI=1S/C17H19N3O3/c1-11(2)20-16-13(4-3-7-18-16)17(21)19-9-12-5-6-14-15(8-12)23-10-22-14/h3-8,11H,9-10H2,1-2H3,(H,18,20)(H,19,21). The number of rotatable bonds is 5. The highest BCUT2D eigenvalue weighted by atomic mass is 16.7. The molecule has 0 spiro atoms. The highest BCUT2D eigenvalue weighted by Gasteiger charge is 2.15. The molecule has 1 aromatic carbocycles. The number of benzene rings is 1. The molecule has 0 fully saturated rings. The van der Waals surface area contributed by atoms with Crippen LogP contribution >= 0.6 is 0 Å². The molecule has 0 aliphatic carbocycles. The second-order valence-electron chi connectivity index (χ2n) is 5.57. The largest absolute Gasteiger partial charge is 0.454 e. The van der Waals surface area contributed by atoms with Crippen LogP contribution in [0.1, 0.15) is 29.8 Å². The molecule has 2 N–H and O–H groups in total. The van der Waals surface area contributed by atoms with Gasteiger partial charge in [0.15, 0.2) is 11.5 Å². The van der Waals surface area contributed by atoms with Gasteiger partial charge >= 0.3 is 0 Å². The summed E-state index contributed by atoms with van der Waals surface area (Å²) in [7, 11) is 0. The van der Waals surface area contributed by atoms with E-state index in [1.807, 2.05) is 32.0 Å². The van der Waals surface area contributed by atoms with Crippen LogP contribution in [0.4, 0.5) is 5.82 Å². The van der Waals surface area contributed by atoms with E-state index in [0.29, 0.717) is 23.7 Å². The van der Waals surface area contributed by atoms with Gasteiger partial charge in [-0.05, 0) is 43.7 Å². The molecular formula is C17H19N3O3. The Kier molecular flexibility index (Phi) is 4.32. The summed E-state index contributed by atoms with van der Waals surface area (Å²) in [5, 5.41) is 6.08. The average molecular weight is 313 g/mol. The van der Waals surface area contributed by atoms with E-state index in [9.17, 15) is 4.79 Å². The lowest BCUT2D eigenvalue weighted by molar-refractivity contribution is 0.0951. The first-order valence-corrected chi connectivity index (χ1v) is 7.52. The number of hydrogen-bond donors (Lipinski definition) is 2. The summed E-state index contributed by atoms with van der Waals surface area (Å²) in [5.74, 6) is 1.86. The molecule has 0 radical (unpaired) electrons. The van der Waals surface area contributed by atoms with Gasteiger partial charge in [-0.3, -0.25) is 4.79 Å². The zero-order valence-corrected chi connectivity index (χ0v) is 13.1. The fourth-order valence-corrected chi connectivity index (χ4v) is 2.31. The Morgan fingerprint density at radius 2 is 2.09 bits per heavy atom. The van der Waals surface area contributed by atoms with Crippen LogP contribution in [-0.2, 0) is 6.54 Å². The van der Waals surface area contributed by atoms with Gasteiger partial charge in [-0.1, -0.05) is 6.07 Å². The molecule has 6 heteroatoms. The van der Waals surface area contributed by atoms with Crippen molar-refractivity contribution >= 4 is 11.7 Å². The minimum atomic E-state index is -0.168. The van der Waals surface area contributed by atoms with Crippen molar-refractivity contribution in [3.05, 3.63) is 47.7 Å². The van der Waals surface area contributed by atoms with Crippen LogP contribution in [0.2, 0.25) is 0 Å². The third-order valence-electron chi connectivity index (χ3n) is 3.37. The first kappa shape index (κ1) is 15.1. The van der Waals surface area contributed by atoms with Crippen LogP contribution in [0.25, 0.3) is 0 Å². The minimum absolute atomic E-state index is 0.168. The molecule has 0 unspecified atom stereocenters. The molecule has 2 heterocycles. The molecule has 0 bridgehead atoms. The van der Waals surface area contributed by atoms with Gasteiger partial charge in [0.1, 0.15) is 5.82 Å². The molecule has 0 saturated heterocycles. The number of pyridine rings is 1. The van der Waals surface area contributed by atoms with Crippen molar-refractivity contribution in [3.63, 3.8) is 0 Å². The van der Waals surface area contributed by atoms with Crippen molar-refractivity contribution in [2.75, 3.05) is 12.1 Å². The van der Waals surface area contributed by atoms with E-state index >= 15 is 0 Å². The maximum absolute atomic E-state index is 12.4. The van der Waals surface area contributed by atoms with Crippen LogP contribution in [0, 0.1) is 0 Å². The monoisotopic (exact) mass is 313 g/mol. The highest BCUT2D eigenvalue weighted by molar-refractivity contribution is 5.98. The Morgan fingerprint density at radius 1 is 1.26 bits per heavy atom. The molecule has 3 rings (SSSR count). The van der Waals surface area contributed by atoms with Crippen molar-refractivity contribution < 1.29 is 14.3 Å². The Hall–Kier alpha value is -2.76. The first-order chi connectivity index (χ1) is 11.1. The summed E-state index contributed by atoms with van der Waals surface area (Å²) in [5.41, 5.74) is 1.48. The van der Waals surface area contributed by atoms with Crippen LogP contribution in [0.15, 0.2) is 36.5 Å².